The predicted octanol–water partition coefficient (Wildman–Crippen LogP) is 2.05. The van der Waals surface area contributed by atoms with Gasteiger partial charge in [0, 0.05) is 50.2 Å². The van der Waals surface area contributed by atoms with Crippen molar-refractivity contribution in [2.75, 3.05) is 26.3 Å². The third-order valence-electron chi connectivity index (χ3n) is 5.56. The maximum atomic E-state index is 12.5. The Morgan fingerprint density at radius 1 is 1.30 bits per heavy atom. The molecule has 3 aliphatic heterocycles. The number of carbonyl (C=O) groups excluding carboxylic acids is 1. The van der Waals surface area contributed by atoms with E-state index in [9.17, 15) is 4.79 Å². The van der Waals surface area contributed by atoms with Crippen LogP contribution in [0.4, 0.5) is 0 Å². The Labute approximate surface area is 141 Å². The van der Waals surface area contributed by atoms with E-state index in [2.05, 4.69) is 20.2 Å². The third kappa shape index (κ3) is 3.16. The number of likely N-dealkylation sites (tertiary alicyclic amines) is 2. The van der Waals surface area contributed by atoms with E-state index >= 15 is 0 Å². The van der Waals surface area contributed by atoms with Crippen LogP contribution >= 0.6 is 11.3 Å². The lowest BCUT2D eigenvalue weighted by atomic mass is 9.99. The number of nitrogens with zero attached hydrogens (tertiary/aromatic N) is 3. The minimum absolute atomic E-state index is 0.308. The van der Waals surface area contributed by atoms with Crippen LogP contribution in [0.15, 0.2) is 5.38 Å². The van der Waals surface area contributed by atoms with E-state index < -0.39 is 0 Å². The molecule has 0 bridgehead atoms. The predicted molar refractivity (Wildman–Crippen MR) is 89.3 cm³/mol. The molecule has 3 aliphatic rings. The van der Waals surface area contributed by atoms with Crippen LogP contribution in [0.2, 0.25) is 0 Å². The lowest BCUT2D eigenvalue weighted by molar-refractivity contribution is -0.129. The van der Waals surface area contributed by atoms with Gasteiger partial charge in [0.2, 0.25) is 5.91 Å². The molecule has 6 heteroatoms. The van der Waals surface area contributed by atoms with E-state index in [1.807, 2.05) is 6.92 Å². The van der Waals surface area contributed by atoms with Crippen LogP contribution in [0.3, 0.4) is 0 Å². The van der Waals surface area contributed by atoms with E-state index in [0.717, 1.165) is 49.3 Å². The minimum Gasteiger partial charge on any atom is -0.381 e. The maximum absolute atomic E-state index is 12.5. The molecule has 0 unspecified atom stereocenters. The fourth-order valence-electron chi connectivity index (χ4n) is 4.36. The summed E-state index contributed by atoms with van der Waals surface area (Å²) in [4.78, 5) is 21.7. The molecule has 1 aromatic rings. The Hall–Kier alpha value is -0.980. The molecular weight excluding hydrogens is 310 g/mol. The van der Waals surface area contributed by atoms with Crippen molar-refractivity contribution in [2.24, 2.45) is 5.92 Å². The summed E-state index contributed by atoms with van der Waals surface area (Å²) in [5.41, 5.74) is 1.05. The van der Waals surface area contributed by atoms with Crippen molar-refractivity contribution in [3.8, 4) is 0 Å². The van der Waals surface area contributed by atoms with Gasteiger partial charge in [-0.3, -0.25) is 9.69 Å². The average molecular weight is 335 g/mol. The number of rotatable bonds is 4. The van der Waals surface area contributed by atoms with Crippen molar-refractivity contribution in [1.82, 2.24) is 14.8 Å². The summed E-state index contributed by atoms with van der Waals surface area (Å²) in [5.74, 6) is 1.05. The second kappa shape index (κ2) is 6.49. The minimum atomic E-state index is 0.308. The third-order valence-corrected chi connectivity index (χ3v) is 6.38. The fraction of sp³-hybridized carbons (Fsp3) is 0.765. The van der Waals surface area contributed by atoms with Crippen molar-refractivity contribution in [1.29, 1.82) is 0 Å². The summed E-state index contributed by atoms with van der Waals surface area (Å²) >= 11 is 1.67. The van der Waals surface area contributed by atoms with Gasteiger partial charge in [0.25, 0.3) is 0 Å². The van der Waals surface area contributed by atoms with Gasteiger partial charge in [-0.15, -0.1) is 11.3 Å². The van der Waals surface area contributed by atoms with Crippen molar-refractivity contribution >= 4 is 17.2 Å². The first-order valence-corrected chi connectivity index (χ1v) is 9.61. The van der Waals surface area contributed by atoms with Crippen molar-refractivity contribution in [3.63, 3.8) is 0 Å². The SMILES string of the molecule is Cc1nc(CN2C(=O)C[C@H]3[C@H]2CCN3CC2CCOCC2)cs1. The number of thiazole rings is 1. The quantitative estimate of drug-likeness (QED) is 0.845. The van der Waals surface area contributed by atoms with E-state index in [-0.39, 0.29) is 0 Å². The molecule has 5 nitrogen and oxygen atoms in total. The normalized spacial score (nSPS) is 29.4. The smallest absolute Gasteiger partial charge is 0.224 e. The molecule has 0 N–H and O–H groups in total. The van der Waals surface area contributed by atoms with Gasteiger partial charge in [-0.2, -0.15) is 0 Å². The number of aromatic nitrogens is 1. The van der Waals surface area contributed by atoms with Gasteiger partial charge in [0.15, 0.2) is 0 Å². The van der Waals surface area contributed by atoms with Crippen LogP contribution in [-0.4, -0.2) is 59.1 Å². The molecule has 23 heavy (non-hydrogen) atoms. The Kier molecular flexibility index (Phi) is 4.39. The second-order valence-electron chi connectivity index (χ2n) is 7.06. The Morgan fingerprint density at radius 3 is 2.87 bits per heavy atom. The summed E-state index contributed by atoms with van der Waals surface area (Å²) in [6, 6.07) is 0.814. The number of amides is 1. The molecule has 1 amide bonds. The molecule has 3 fully saturated rings. The summed E-state index contributed by atoms with van der Waals surface area (Å²) in [7, 11) is 0. The van der Waals surface area contributed by atoms with Crippen LogP contribution in [0.25, 0.3) is 0 Å². The second-order valence-corrected chi connectivity index (χ2v) is 8.12. The summed E-state index contributed by atoms with van der Waals surface area (Å²) in [6.07, 6.45) is 4.15. The first-order valence-electron chi connectivity index (χ1n) is 8.73. The first kappa shape index (κ1) is 15.5. The van der Waals surface area contributed by atoms with E-state index in [0.29, 0.717) is 31.0 Å². The maximum Gasteiger partial charge on any atom is 0.224 e. The Bertz CT molecular complexity index is 570. The highest BCUT2D eigenvalue weighted by atomic mass is 32.1. The van der Waals surface area contributed by atoms with Crippen molar-refractivity contribution < 1.29 is 9.53 Å². The number of carbonyl (C=O) groups is 1. The number of fused-ring (bicyclic) bond motifs is 1. The molecule has 0 aromatic carbocycles. The van der Waals surface area contributed by atoms with Gasteiger partial charge >= 0.3 is 0 Å². The number of hydrogen-bond acceptors (Lipinski definition) is 5. The molecule has 0 spiro atoms. The van der Waals surface area contributed by atoms with Gasteiger partial charge in [-0.25, -0.2) is 4.98 Å². The van der Waals surface area contributed by atoms with Crippen LogP contribution in [0, 0.1) is 12.8 Å². The van der Waals surface area contributed by atoms with Gasteiger partial charge in [0.05, 0.1) is 17.2 Å². The molecular formula is C17H25N3O2S. The fourth-order valence-corrected chi connectivity index (χ4v) is 4.96. The van der Waals surface area contributed by atoms with Gasteiger partial charge < -0.3 is 9.64 Å². The number of ether oxygens (including phenoxy) is 1. The molecule has 126 valence electrons. The molecule has 4 heterocycles. The van der Waals surface area contributed by atoms with Crippen molar-refractivity contribution in [3.05, 3.63) is 16.1 Å². The van der Waals surface area contributed by atoms with E-state index in [1.54, 1.807) is 11.3 Å². The van der Waals surface area contributed by atoms with E-state index in [1.165, 1.54) is 12.8 Å². The zero-order valence-electron chi connectivity index (χ0n) is 13.7. The summed E-state index contributed by atoms with van der Waals surface area (Å²) in [5, 5.41) is 3.17. The molecule has 0 saturated carbocycles. The van der Waals surface area contributed by atoms with Crippen LogP contribution in [0.1, 0.15) is 36.4 Å². The highest BCUT2D eigenvalue weighted by molar-refractivity contribution is 7.09. The lowest BCUT2D eigenvalue weighted by Gasteiger charge is -2.30. The Balaban J connectivity index is 1.40. The zero-order valence-corrected chi connectivity index (χ0v) is 14.6. The molecule has 2 atom stereocenters. The van der Waals surface area contributed by atoms with Gasteiger partial charge in [-0.1, -0.05) is 0 Å². The van der Waals surface area contributed by atoms with Crippen LogP contribution in [-0.2, 0) is 16.1 Å². The van der Waals surface area contributed by atoms with Crippen LogP contribution < -0.4 is 0 Å². The highest BCUT2D eigenvalue weighted by Crippen LogP contribution is 2.34. The largest absolute Gasteiger partial charge is 0.381 e. The molecule has 3 saturated heterocycles. The topological polar surface area (TPSA) is 45.7 Å². The summed E-state index contributed by atoms with van der Waals surface area (Å²) in [6.45, 7) is 6.79. The number of aryl methyl sites for hydroxylation is 1. The highest BCUT2D eigenvalue weighted by Gasteiger charge is 2.46. The molecule has 4 rings (SSSR count). The molecule has 0 aliphatic carbocycles. The first-order chi connectivity index (χ1) is 11.2. The Morgan fingerprint density at radius 2 is 2.13 bits per heavy atom. The monoisotopic (exact) mass is 335 g/mol. The zero-order chi connectivity index (χ0) is 15.8. The standard InChI is InChI=1S/C17H25N3O2S/c1-12-18-14(11-23-12)10-20-15-2-5-19(16(15)8-17(20)21)9-13-3-6-22-7-4-13/h11,13,15-16H,2-10H2,1H3/t15-,16+/m1/s1. The average Bonchev–Trinajstić information content (AvgIpc) is 3.21. The van der Waals surface area contributed by atoms with Gasteiger partial charge in [-0.05, 0) is 32.1 Å². The van der Waals surface area contributed by atoms with E-state index in [4.69, 9.17) is 4.74 Å². The molecule has 0 radical (unpaired) electrons. The number of hydrogen-bond donors (Lipinski definition) is 0. The van der Waals surface area contributed by atoms with Gasteiger partial charge in [0.1, 0.15) is 0 Å². The lowest BCUT2D eigenvalue weighted by Crippen LogP contribution is -2.39. The summed E-state index contributed by atoms with van der Waals surface area (Å²) < 4.78 is 5.47. The van der Waals surface area contributed by atoms with Crippen molar-refractivity contribution in [2.45, 2.75) is 51.2 Å². The van der Waals surface area contributed by atoms with Crippen LogP contribution in [0.5, 0.6) is 0 Å². The molecule has 1 aromatic heterocycles.